The molecular formula is C59H37N3OS. The second-order valence-electron chi connectivity index (χ2n) is 17.5. The number of amidine groups is 1. The number of hydrogen-bond donors (Lipinski definition) is 0. The summed E-state index contributed by atoms with van der Waals surface area (Å²) < 4.78 is 11.7. The highest BCUT2D eigenvalue weighted by molar-refractivity contribution is 7.25. The highest BCUT2D eigenvalue weighted by Gasteiger charge is 2.53. The number of rotatable bonds is 5. The summed E-state index contributed by atoms with van der Waals surface area (Å²) >= 11 is 1.85. The molecule has 300 valence electrons. The standard InChI is InChI=1S/C59H37N3OS/c1-59-34-48(59)56(60-58(37-25-23-36(24-26-37)35-13-3-2-4-14-35)61-57(59)40-27-28-55-46(30-40)43-19-9-12-22-54(43)64-55)47-32-45-42-18-8-11-21-52(42)63-53(45)33-51(47)62-49-20-10-7-17-41(49)44-29-38-15-5-6-16-39(38)31-50(44)62/h2-33H,34H2,1H3. The van der Waals surface area contributed by atoms with Gasteiger partial charge in [-0.3, -0.25) is 0 Å². The molecule has 1 fully saturated rings. The fraction of sp³-hybridized carbons (Fsp3) is 0.0508. The maximum Gasteiger partial charge on any atom is 0.160 e. The summed E-state index contributed by atoms with van der Waals surface area (Å²) in [5.74, 6) is 0.706. The van der Waals surface area contributed by atoms with Crippen LogP contribution in [-0.2, 0) is 0 Å². The van der Waals surface area contributed by atoms with Crippen molar-refractivity contribution in [3.8, 4) is 16.8 Å². The highest BCUT2D eigenvalue weighted by Crippen LogP contribution is 2.60. The van der Waals surface area contributed by atoms with Crippen molar-refractivity contribution in [2.24, 2.45) is 15.4 Å². The van der Waals surface area contributed by atoms with Crippen LogP contribution in [-0.4, -0.2) is 16.1 Å². The number of allylic oxidation sites excluding steroid dienone is 1. The molecule has 0 N–H and O–H groups in total. The van der Waals surface area contributed by atoms with Gasteiger partial charge in [0, 0.05) is 64.3 Å². The van der Waals surface area contributed by atoms with Gasteiger partial charge in [0.2, 0.25) is 0 Å². The predicted octanol–water partition coefficient (Wildman–Crippen LogP) is 15.9. The van der Waals surface area contributed by atoms with Crippen molar-refractivity contribution in [2.75, 3.05) is 0 Å². The molecule has 1 atom stereocenters. The Morgan fingerprint density at radius 3 is 2.02 bits per heavy atom. The molecule has 14 rings (SSSR count). The van der Waals surface area contributed by atoms with Crippen molar-refractivity contribution >= 4 is 103 Å². The third-order valence-corrected chi connectivity index (χ3v) is 14.9. The second-order valence-corrected chi connectivity index (χ2v) is 18.6. The van der Waals surface area contributed by atoms with Crippen LogP contribution in [0, 0.1) is 5.41 Å². The summed E-state index contributed by atoms with van der Waals surface area (Å²) in [6.07, 6.45) is 0.856. The van der Waals surface area contributed by atoms with Crippen LogP contribution in [0.25, 0.3) is 97.2 Å². The Kier molecular flexibility index (Phi) is 7.43. The Balaban J connectivity index is 1.06. The van der Waals surface area contributed by atoms with Crippen LogP contribution in [0.3, 0.4) is 0 Å². The number of hydrogen-bond acceptors (Lipinski definition) is 4. The number of furan rings is 1. The first-order valence-electron chi connectivity index (χ1n) is 21.9. The lowest BCUT2D eigenvalue weighted by Crippen LogP contribution is -2.16. The molecule has 64 heavy (non-hydrogen) atoms. The topological polar surface area (TPSA) is 42.8 Å². The first kappa shape index (κ1) is 35.7. The molecule has 9 aromatic carbocycles. The molecule has 1 saturated carbocycles. The van der Waals surface area contributed by atoms with Crippen molar-refractivity contribution in [3.05, 3.63) is 216 Å². The summed E-state index contributed by atoms with van der Waals surface area (Å²) in [6, 6.07) is 70.1. The number of para-hydroxylation sites is 2. The number of thiophene rings is 1. The third kappa shape index (κ3) is 5.28. The van der Waals surface area contributed by atoms with E-state index >= 15 is 0 Å². The molecule has 0 bridgehead atoms. The summed E-state index contributed by atoms with van der Waals surface area (Å²) in [4.78, 5) is 11.5. The van der Waals surface area contributed by atoms with E-state index in [9.17, 15) is 0 Å². The van der Waals surface area contributed by atoms with E-state index in [1.54, 1.807) is 0 Å². The van der Waals surface area contributed by atoms with Gasteiger partial charge in [0.15, 0.2) is 5.84 Å². The lowest BCUT2D eigenvalue weighted by Gasteiger charge is -2.16. The fourth-order valence-electron chi connectivity index (χ4n) is 10.4. The van der Waals surface area contributed by atoms with Gasteiger partial charge < -0.3 is 8.98 Å². The Hall–Kier alpha value is -7.86. The van der Waals surface area contributed by atoms with E-state index in [1.165, 1.54) is 52.9 Å². The zero-order valence-electron chi connectivity index (χ0n) is 34.8. The molecular weight excluding hydrogens is 799 g/mol. The van der Waals surface area contributed by atoms with E-state index in [4.69, 9.17) is 14.4 Å². The molecule has 12 aromatic rings. The van der Waals surface area contributed by atoms with Gasteiger partial charge in [0.25, 0.3) is 0 Å². The van der Waals surface area contributed by atoms with Crippen LogP contribution in [0.4, 0.5) is 0 Å². The molecule has 5 heteroatoms. The first-order chi connectivity index (χ1) is 31.6. The van der Waals surface area contributed by atoms with Crippen LogP contribution in [0.15, 0.2) is 214 Å². The summed E-state index contributed by atoms with van der Waals surface area (Å²) in [6.45, 7) is 2.37. The molecule has 1 unspecified atom stereocenters. The lowest BCUT2D eigenvalue weighted by atomic mass is 9.92. The van der Waals surface area contributed by atoms with Gasteiger partial charge in [0.05, 0.1) is 28.1 Å². The Morgan fingerprint density at radius 1 is 0.484 bits per heavy atom. The summed E-state index contributed by atoms with van der Waals surface area (Å²) in [5, 5.41) is 9.55. The van der Waals surface area contributed by atoms with Crippen molar-refractivity contribution in [1.82, 2.24) is 4.57 Å². The van der Waals surface area contributed by atoms with Crippen molar-refractivity contribution in [2.45, 2.75) is 13.3 Å². The van der Waals surface area contributed by atoms with Crippen molar-refractivity contribution in [3.63, 3.8) is 0 Å². The Labute approximate surface area is 372 Å². The number of nitrogens with zero attached hydrogens (tertiary/aromatic N) is 3. The van der Waals surface area contributed by atoms with Crippen LogP contribution in [0.2, 0.25) is 0 Å². The van der Waals surface area contributed by atoms with E-state index in [-0.39, 0.29) is 5.41 Å². The first-order valence-corrected chi connectivity index (χ1v) is 22.7. The van der Waals surface area contributed by atoms with E-state index in [1.807, 2.05) is 17.4 Å². The van der Waals surface area contributed by atoms with Gasteiger partial charge in [-0.15, -0.1) is 11.3 Å². The molecule has 4 nitrogen and oxygen atoms in total. The van der Waals surface area contributed by atoms with Gasteiger partial charge in [-0.25, -0.2) is 9.98 Å². The minimum Gasteiger partial charge on any atom is -0.456 e. The monoisotopic (exact) mass is 835 g/mol. The van der Waals surface area contributed by atoms with Gasteiger partial charge in [-0.2, -0.15) is 0 Å². The van der Waals surface area contributed by atoms with Crippen LogP contribution >= 0.6 is 11.3 Å². The highest BCUT2D eigenvalue weighted by atomic mass is 32.1. The lowest BCUT2D eigenvalue weighted by molar-refractivity contribution is 0.668. The summed E-state index contributed by atoms with van der Waals surface area (Å²) in [5.41, 5.74) is 13.5. The van der Waals surface area contributed by atoms with E-state index < -0.39 is 0 Å². The molecule has 0 radical (unpaired) electrons. The van der Waals surface area contributed by atoms with Gasteiger partial charge in [0.1, 0.15) is 11.2 Å². The Morgan fingerprint density at radius 2 is 1.16 bits per heavy atom. The largest absolute Gasteiger partial charge is 0.456 e. The van der Waals surface area contributed by atoms with Crippen LogP contribution < -0.4 is 0 Å². The van der Waals surface area contributed by atoms with Gasteiger partial charge in [-0.1, -0.05) is 140 Å². The van der Waals surface area contributed by atoms with E-state index in [0.717, 1.165) is 78.7 Å². The van der Waals surface area contributed by atoms with Crippen molar-refractivity contribution < 1.29 is 4.42 Å². The fourth-order valence-corrected chi connectivity index (χ4v) is 11.5. The minimum absolute atomic E-state index is 0.341. The Bertz CT molecular complexity index is 4050. The number of aliphatic imine (C=N–C) groups is 2. The zero-order valence-corrected chi connectivity index (χ0v) is 35.7. The maximum absolute atomic E-state index is 6.69. The molecule has 0 spiro atoms. The zero-order chi connectivity index (χ0) is 42.1. The normalized spacial score (nSPS) is 16.3. The van der Waals surface area contributed by atoms with Crippen LogP contribution in [0.5, 0.6) is 0 Å². The smallest absolute Gasteiger partial charge is 0.160 e. The summed E-state index contributed by atoms with van der Waals surface area (Å²) in [7, 11) is 0. The molecule has 0 saturated heterocycles. The SMILES string of the molecule is CC12CC1=C(c1cc3c(cc1-n1c4ccccc4c4cc5ccccc5cc41)oc1ccccc13)N=C(c1ccc(-c3ccccc3)cc1)N=C2c1ccc2sc3ccccc3c2c1. The molecule has 4 heterocycles. The van der Waals surface area contributed by atoms with Crippen LogP contribution in [0.1, 0.15) is 30.0 Å². The molecule has 1 aliphatic heterocycles. The maximum atomic E-state index is 6.69. The number of benzene rings is 9. The van der Waals surface area contributed by atoms with E-state index in [0.29, 0.717) is 5.84 Å². The quantitative estimate of drug-likeness (QED) is 0.170. The average Bonchev–Trinajstić information content (AvgIpc) is 3.58. The van der Waals surface area contributed by atoms with Crippen molar-refractivity contribution in [1.29, 1.82) is 0 Å². The average molecular weight is 836 g/mol. The number of fused-ring (bicyclic) bond motifs is 11. The molecule has 1 aliphatic carbocycles. The van der Waals surface area contributed by atoms with Gasteiger partial charge in [-0.05, 0) is 94.9 Å². The minimum atomic E-state index is -0.341. The molecule has 0 amide bonds. The number of aromatic nitrogens is 1. The molecule has 3 aromatic heterocycles. The third-order valence-electron chi connectivity index (χ3n) is 13.7. The molecule has 2 aliphatic rings. The van der Waals surface area contributed by atoms with Gasteiger partial charge >= 0.3 is 0 Å². The van der Waals surface area contributed by atoms with E-state index in [2.05, 4.69) is 200 Å². The predicted molar refractivity (Wildman–Crippen MR) is 269 cm³/mol. The second kappa shape index (κ2) is 13.3.